The highest BCUT2D eigenvalue weighted by Crippen LogP contribution is 2.34. The lowest BCUT2D eigenvalue weighted by molar-refractivity contribution is -0.137. The number of nitrogens with zero attached hydrogens (tertiary/aromatic N) is 4. The second-order valence-corrected chi connectivity index (χ2v) is 5.72. The van der Waals surface area contributed by atoms with Crippen molar-refractivity contribution in [3.05, 3.63) is 48.0 Å². The number of aliphatic hydroxyl groups excluding tert-OH is 1. The molecule has 2 N–H and O–H groups in total. The molecule has 0 aliphatic carbocycles. The van der Waals surface area contributed by atoms with E-state index in [4.69, 9.17) is 5.11 Å². The Bertz CT molecular complexity index is 960. The number of anilines is 2. The Kier molecular flexibility index (Phi) is 5.92. The molecule has 29 heavy (non-hydrogen) atoms. The molecule has 0 saturated heterocycles. The molecule has 0 unspecified atom stereocenters. The summed E-state index contributed by atoms with van der Waals surface area (Å²) in [5.41, 5.74) is 0.0734. The maximum atomic E-state index is 12.7. The second-order valence-electron chi connectivity index (χ2n) is 5.72. The zero-order valence-corrected chi connectivity index (χ0v) is 14.6. The van der Waals surface area contributed by atoms with Crippen LogP contribution in [0.3, 0.4) is 0 Å². The van der Waals surface area contributed by atoms with Crippen LogP contribution in [-0.4, -0.2) is 38.5 Å². The van der Waals surface area contributed by atoms with E-state index in [1.807, 2.05) is 0 Å². The van der Waals surface area contributed by atoms with E-state index in [2.05, 4.69) is 25.5 Å². The summed E-state index contributed by atoms with van der Waals surface area (Å²) >= 11 is 0. The van der Waals surface area contributed by atoms with Crippen LogP contribution >= 0.6 is 0 Å². The predicted octanol–water partition coefficient (Wildman–Crippen LogP) is 3.70. The van der Waals surface area contributed by atoms with Crippen molar-refractivity contribution >= 4 is 11.4 Å². The lowest BCUT2D eigenvalue weighted by Crippen LogP contribution is -2.06. The smallest absolute Gasteiger partial charge is 0.416 e. The molecule has 7 nitrogen and oxygen atoms in total. The normalized spacial score (nSPS) is 11.7. The van der Waals surface area contributed by atoms with Crippen molar-refractivity contribution in [3.63, 3.8) is 0 Å². The first-order chi connectivity index (χ1) is 13.8. The van der Waals surface area contributed by atoms with Crippen molar-refractivity contribution in [2.75, 3.05) is 11.9 Å². The molecule has 0 bridgehead atoms. The summed E-state index contributed by atoms with van der Waals surface area (Å²) in [4.78, 5) is 1.11. The van der Waals surface area contributed by atoms with Crippen LogP contribution < -0.4 is 10.1 Å². The van der Waals surface area contributed by atoms with E-state index >= 15 is 0 Å². The lowest BCUT2D eigenvalue weighted by Gasteiger charge is -2.13. The lowest BCUT2D eigenvalue weighted by atomic mass is 10.1. The van der Waals surface area contributed by atoms with Crippen molar-refractivity contribution in [3.8, 4) is 17.1 Å². The first-order valence-electron chi connectivity index (χ1n) is 8.18. The van der Waals surface area contributed by atoms with Crippen LogP contribution in [0.1, 0.15) is 5.56 Å². The van der Waals surface area contributed by atoms with Gasteiger partial charge in [-0.2, -0.15) is 26.7 Å². The van der Waals surface area contributed by atoms with Crippen molar-refractivity contribution in [1.29, 1.82) is 0 Å². The van der Waals surface area contributed by atoms with E-state index in [-0.39, 0.29) is 30.3 Å². The van der Waals surface area contributed by atoms with Gasteiger partial charge in [0, 0.05) is 11.4 Å². The van der Waals surface area contributed by atoms with Crippen molar-refractivity contribution in [2.24, 2.45) is 0 Å². The van der Waals surface area contributed by atoms with Gasteiger partial charge in [0.2, 0.25) is 5.82 Å². The van der Waals surface area contributed by atoms with E-state index < -0.39 is 18.4 Å². The zero-order chi connectivity index (χ0) is 21.0. The Labute approximate surface area is 160 Å². The molecular formula is C17H14F5N5O2. The van der Waals surface area contributed by atoms with Gasteiger partial charge in [-0.3, -0.25) is 0 Å². The number of halogens is 5. The molecule has 2 aromatic carbocycles. The largest absolute Gasteiger partial charge is 0.435 e. The molecule has 0 saturated carbocycles. The molecule has 1 heterocycles. The van der Waals surface area contributed by atoms with Crippen LogP contribution in [0.15, 0.2) is 42.5 Å². The molecule has 0 radical (unpaired) electrons. The van der Waals surface area contributed by atoms with Gasteiger partial charge in [0.15, 0.2) is 0 Å². The SMILES string of the molecule is OCCn1nnc(-c2cc(OC(F)F)ccc2Nc2ccc(C(F)(F)F)cc2)n1. The van der Waals surface area contributed by atoms with Gasteiger partial charge in [0.05, 0.1) is 24.3 Å². The fourth-order valence-electron chi connectivity index (χ4n) is 2.43. The second kappa shape index (κ2) is 8.39. The van der Waals surface area contributed by atoms with Crippen LogP contribution in [-0.2, 0) is 12.7 Å². The summed E-state index contributed by atoms with van der Waals surface area (Å²) in [6.07, 6.45) is -4.47. The van der Waals surface area contributed by atoms with Gasteiger partial charge in [-0.15, -0.1) is 10.2 Å². The van der Waals surface area contributed by atoms with E-state index in [1.54, 1.807) is 0 Å². The van der Waals surface area contributed by atoms with Crippen LogP contribution in [0.2, 0.25) is 0 Å². The van der Waals surface area contributed by atoms with Crippen molar-refractivity contribution in [1.82, 2.24) is 20.2 Å². The van der Waals surface area contributed by atoms with Crippen molar-refractivity contribution < 1.29 is 31.8 Å². The van der Waals surface area contributed by atoms with E-state index in [0.717, 1.165) is 16.9 Å². The Morgan fingerprint density at radius 2 is 1.83 bits per heavy atom. The molecule has 0 amide bonds. The molecule has 0 aliphatic heterocycles. The van der Waals surface area contributed by atoms with Gasteiger partial charge in [-0.1, -0.05) is 0 Å². The van der Waals surface area contributed by atoms with E-state index in [1.165, 1.54) is 30.3 Å². The predicted molar refractivity (Wildman–Crippen MR) is 91.7 cm³/mol. The van der Waals surface area contributed by atoms with Gasteiger partial charge in [0.1, 0.15) is 5.75 Å². The first kappa shape index (κ1) is 20.5. The van der Waals surface area contributed by atoms with Crippen LogP contribution in [0.4, 0.5) is 33.3 Å². The molecule has 1 aromatic heterocycles. The average Bonchev–Trinajstić information content (AvgIpc) is 3.11. The summed E-state index contributed by atoms with van der Waals surface area (Å²) in [5, 5.41) is 23.4. The average molecular weight is 415 g/mol. The number of benzene rings is 2. The number of aliphatic hydroxyl groups is 1. The highest BCUT2D eigenvalue weighted by Gasteiger charge is 2.30. The quantitative estimate of drug-likeness (QED) is 0.573. The number of aromatic nitrogens is 4. The van der Waals surface area contributed by atoms with Gasteiger partial charge < -0.3 is 15.2 Å². The Balaban J connectivity index is 1.94. The first-order valence-corrected chi connectivity index (χ1v) is 8.18. The molecule has 12 heteroatoms. The summed E-state index contributed by atoms with van der Waals surface area (Å²) in [5.74, 6) is -0.112. The van der Waals surface area contributed by atoms with E-state index in [0.29, 0.717) is 11.4 Å². The van der Waals surface area contributed by atoms with Gasteiger partial charge >= 0.3 is 12.8 Å². The number of nitrogens with one attached hydrogen (secondary N) is 1. The van der Waals surface area contributed by atoms with Crippen LogP contribution in [0, 0.1) is 0 Å². The number of rotatable bonds is 7. The van der Waals surface area contributed by atoms with Gasteiger partial charge in [-0.05, 0) is 47.7 Å². The third-order valence-electron chi connectivity index (χ3n) is 3.70. The third kappa shape index (κ3) is 5.16. The Morgan fingerprint density at radius 3 is 2.45 bits per heavy atom. The van der Waals surface area contributed by atoms with Crippen molar-refractivity contribution in [2.45, 2.75) is 19.3 Å². The molecule has 0 atom stereocenters. The minimum absolute atomic E-state index is 0.0487. The van der Waals surface area contributed by atoms with Crippen LogP contribution in [0.5, 0.6) is 5.75 Å². The summed E-state index contributed by atoms with van der Waals surface area (Å²) in [7, 11) is 0. The molecule has 154 valence electrons. The molecule has 3 aromatic rings. The monoisotopic (exact) mass is 415 g/mol. The highest BCUT2D eigenvalue weighted by atomic mass is 19.4. The molecular weight excluding hydrogens is 401 g/mol. The molecule has 0 aliphatic rings. The number of alkyl halides is 5. The standard InChI is InChI=1S/C17H14F5N5O2/c18-16(19)29-12-5-6-14(13(9-12)15-24-26-27(25-15)7-8-28)23-11-3-1-10(2-4-11)17(20,21)22/h1-6,9,16,23,28H,7-8H2. The third-order valence-corrected chi connectivity index (χ3v) is 3.70. The number of hydrogen-bond donors (Lipinski definition) is 2. The highest BCUT2D eigenvalue weighted by molar-refractivity contribution is 5.78. The maximum Gasteiger partial charge on any atom is 0.416 e. The molecule has 0 spiro atoms. The van der Waals surface area contributed by atoms with Gasteiger partial charge in [0.25, 0.3) is 0 Å². The number of hydrogen-bond acceptors (Lipinski definition) is 6. The van der Waals surface area contributed by atoms with E-state index in [9.17, 15) is 22.0 Å². The molecule has 3 rings (SSSR count). The zero-order valence-electron chi connectivity index (χ0n) is 14.6. The maximum absolute atomic E-state index is 12.7. The molecule has 0 fully saturated rings. The van der Waals surface area contributed by atoms with Gasteiger partial charge in [-0.25, -0.2) is 0 Å². The number of tetrazole rings is 1. The number of ether oxygens (including phenoxy) is 1. The minimum Gasteiger partial charge on any atom is -0.435 e. The summed E-state index contributed by atoms with van der Waals surface area (Å²) in [6.45, 7) is -3.21. The minimum atomic E-state index is -4.47. The fourth-order valence-corrected chi connectivity index (χ4v) is 2.43. The Hall–Kier alpha value is -3.28. The van der Waals surface area contributed by atoms with Crippen LogP contribution in [0.25, 0.3) is 11.4 Å². The summed E-state index contributed by atoms with van der Waals surface area (Å²) < 4.78 is 67.6. The fraction of sp³-hybridized carbons (Fsp3) is 0.235. The summed E-state index contributed by atoms with van der Waals surface area (Å²) in [6, 6.07) is 8.19. The Morgan fingerprint density at radius 1 is 1.10 bits per heavy atom. The topological polar surface area (TPSA) is 85.1 Å².